The normalized spacial score (nSPS) is 11.4. The Morgan fingerprint density at radius 2 is 2.00 bits per heavy atom. The zero-order chi connectivity index (χ0) is 13.2. The van der Waals surface area contributed by atoms with Gasteiger partial charge in [-0.25, -0.2) is 9.18 Å². The van der Waals surface area contributed by atoms with E-state index in [0.717, 1.165) is 0 Å². The van der Waals surface area contributed by atoms with Gasteiger partial charge < -0.3 is 10.0 Å². The summed E-state index contributed by atoms with van der Waals surface area (Å²) >= 11 is 0. The molecule has 0 radical (unpaired) electrons. The number of carbonyl (C=O) groups is 1. The molecule has 0 unspecified atom stereocenters. The number of carboxylic acid groups (broad SMARTS) is 1. The van der Waals surface area contributed by atoms with E-state index in [1.165, 1.54) is 18.2 Å². The standard InChI is InChI=1S/C13H18FNO2/c1-13(2,3)8-15(4)11-9(12(16)17)6-5-7-10(11)14/h5-7H,8H2,1-4H3,(H,16,17). The van der Waals surface area contributed by atoms with Crippen LogP contribution in [-0.2, 0) is 0 Å². The summed E-state index contributed by atoms with van der Waals surface area (Å²) in [5, 5.41) is 9.04. The summed E-state index contributed by atoms with van der Waals surface area (Å²) in [4.78, 5) is 12.7. The zero-order valence-corrected chi connectivity index (χ0v) is 10.6. The molecule has 1 N–H and O–H groups in total. The second kappa shape index (κ2) is 4.73. The van der Waals surface area contributed by atoms with Crippen molar-refractivity contribution in [2.45, 2.75) is 20.8 Å². The van der Waals surface area contributed by atoms with Crippen molar-refractivity contribution in [3.63, 3.8) is 0 Å². The van der Waals surface area contributed by atoms with Gasteiger partial charge in [-0.2, -0.15) is 0 Å². The van der Waals surface area contributed by atoms with Gasteiger partial charge in [0.15, 0.2) is 0 Å². The lowest BCUT2D eigenvalue weighted by atomic mass is 9.95. The van der Waals surface area contributed by atoms with E-state index < -0.39 is 11.8 Å². The molecule has 4 heteroatoms. The molecule has 0 amide bonds. The number of anilines is 1. The number of carboxylic acids is 1. The highest BCUT2D eigenvalue weighted by molar-refractivity contribution is 5.94. The summed E-state index contributed by atoms with van der Waals surface area (Å²) in [6.07, 6.45) is 0. The minimum Gasteiger partial charge on any atom is -0.478 e. The first kappa shape index (κ1) is 13.5. The Morgan fingerprint density at radius 1 is 1.41 bits per heavy atom. The summed E-state index contributed by atoms with van der Waals surface area (Å²) in [6.45, 7) is 6.63. The smallest absolute Gasteiger partial charge is 0.337 e. The molecule has 3 nitrogen and oxygen atoms in total. The van der Waals surface area contributed by atoms with Crippen molar-refractivity contribution in [3.8, 4) is 0 Å². The van der Waals surface area contributed by atoms with Crippen LogP contribution in [0.1, 0.15) is 31.1 Å². The topological polar surface area (TPSA) is 40.5 Å². The number of para-hydroxylation sites is 1. The van der Waals surface area contributed by atoms with Crippen molar-refractivity contribution in [3.05, 3.63) is 29.6 Å². The Bertz CT molecular complexity index is 424. The van der Waals surface area contributed by atoms with E-state index in [4.69, 9.17) is 5.11 Å². The molecule has 0 aliphatic carbocycles. The molecule has 0 saturated heterocycles. The average Bonchev–Trinajstić information content (AvgIpc) is 2.13. The first-order chi connectivity index (χ1) is 7.72. The van der Waals surface area contributed by atoms with E-state index in [-0.39, 0.29) is 16.7 Å². The van der Waals surface area contributed by atoms with Gasteiger partial charge in [0.25, 0.3) is 0 Å². The van der Waals surface area contributed by atoms with Crippen LogP contribution >= 0.6 is 0 Å². The monoisotopic (exact) mass is 239 g/mol. The summed E-state index contributed by atoms with van der Waals surface area (Å²) in [5.41, 5.74) is 0.110. The lowest BCUT2D eigenvalue weighted by molar-refractivity contribution is 0.0697. The first-order valence-electron chi connectivity index (χ1n) is 5.45. The van der Waals surface area contributed by atoms with Gasteiger partial charge >= 0.3 is 5.97 Å². The Kier molecular flexibility index (Phi) is 3.76. The van der Waals surface area contributed by atoms with E-state index in [2.05, 4.69) is 0 Å². The fourth-order valence-corrected chi connectivity index (χ4v) is 1.87. The van der Waals surface area contributed by atoms with Crippen LogP contribution in [0, 0.1) is 11.2 Å². The molecule has 17 heavy (non-hydrogen) atoms. The van der Waals surface area contributed by atoms with Crippen molar-refractivity contribution >= 4 is 11.7 Å². The van der Waals surface area contributed by atoms with Crippen LogP contribution in [-0.4, -0.2) is 24.7 Å². The Hall–Kier alpha value is -1.58. The molecule has 0 heterocycles. The van der Waals surface area contributed by atoms with Crippen LogP contribution in [0.2, 0.25) is 0 Å². The van der Waals surface area contributed by atoms with Crippen LogP contribution in [0.5, 0.6) is 0 Å². The Morgan fingerprint density at radius 3 is 2.47 bits per heavy atom. The lowest BCUT2D eigenvalue weighted by Gasteiger charge is -2.29. The summed E-state index contributed by atoms with van der Waals surface area (Å²) in [7, 11) is 1.70. The van der Waals surface area contributed by atoms with E-state index in [9.17, 15) is 9.18 Å². The Labute approximate surface area is 101 Å². The second-order valence-corrected chi connectivity index (χ2v) is 5.36. The van der Waals surface area contributed by atoms with Gasteiger partial charge in [0.05, 0.1) is 11.3 Å². The summed E-state index contributed by atoms with van der Waals surface area (Å²) in [6, 6.07) is 4.11. The van der Waals surface area contributed by atoms with Gasteiger partial charge in [-0.05, 0) is 17.5 Å². The molecule has 1 rings (SSSR count). The van der Waals surface area contributed by atoms with Crippen molar-refractivity contribution in [2.24, 2.45) is 5.41 Å². The van der Waals surface area contributed by atoms with E-state index in [1.807, 2.05) is 20.8 Å². The molecule has 0 spiro atoms. The van der Waals surface area contributed by atoms with E-state index in [1.54, 1.807) is 11.9 Å². The number of nitrogens with zero attached hydrogens (tertiary/aromatic N) is 1. The highest BCUT2D eigenvalue weighted by Crippen LogP contribution is 2.26. The predicted molar refractivity (Wildman–Crippen MR) is 66.1 cm³/mol. The number of rotatable bonds is 3. The molecule has 0 aliphatic rings. The van der Waals surface area contributed by atoms with Crippen LogP contribution < -0.4 is 4.90 Å². The second-order valence-electron chi connectivity index (χ2n) is 5.36. The van der Waals surface area contributed by atoms with Crippen molar-refractivity contribution in [2.75, 3.05) is 18.5 Å². The molecule has 1 aromatic carbocycles. The number of benzene rings is 1. The average molecular weight is 239 g/mol. The van der Waals surface area contributed by atoms with Gasteiger partial charge in [-0.3, -0.25) is 0 Å². The van der Waals surface area contributed by atoms with Crippen LogP contribution in [0.15, 0.2) is 18.2 Å². The Balaban J connectivity index is 3.16. The molecule has 0 aromatic heterocycles. The maximum Gasteiger partial charge on any atom is 0.337 e. The molecule has 0 fully saturated rings. The van der Waals surface area contributed by atoms with Gasteiger partial charge in [-0.15, -0.1) is 0 Å². The van der Waals surface area contributed by atoms with Gasteiger partial charge in [0.1, 0.15) is 5.82 Å². The number of hydrogen-bond donors (Lipinski definition) is 1. The van der Waals surface area contributed by atoms with Gasteiger partial charge in [0, 0.05) is 13.6 Å². The third kappa shape index (κ3) is 3.44. The molecule has 0 bridgehead atoms. The minimum absolute atomic E-state index is 0.00301. The number of halogens is 1. The molecule has 94 valence electrons. The summed E-state index contributed by atoms with van der Waals surface area (Å²) in [5.74, 6) is -1.61. The number of aromatic carboxylic acids is 1. The highest BCUT2D eigenvalue weighted by Gasteiger charge is 2.21. The fraction of sp³-hybridized carbons (Fsp3) is 0.462. The molecule has 0 saturated carbocycles. The largest absolute Gasteiger partial charge is 0.478 e. The molecular formula is C13H18FNO2. The predicted octanol–water partition coefficient (Wildman–Crippen LogP) is 3.01. The van der Waals surface area contributed by atoms with E-state index in [0.29, 0.717) is 6.54 Å². The van der Waals surface area contributed by atoms with Crippen molar-refractivity contribution in [1.29, 1.82) is 0 Å². The van der Waals surface area contributed by atoms with E-state index >= 15 is 0 Å². The van der Waals surface area contributed by atoms with Crippen LogP contribution in [0.4, 0.5) is 10.1 Å². The highest BCUT2D eigenvalue weighted by atomic mass is 19.1. The molecule has 1 aromatic rings. The first-order valence-corrected chi connectivity index (χ1v) is 5.45. The quantitative estimate of drug-likeness (QED) is 0.881. The zero-order valence-electron chi connectivity index (χ0n) is 10.6. The third-order valence-corrected chi connectivity index (χ3v) is 2.31. The van der Waals surface area contributed by atoms with Crippen LogP contribution in [0.3, 0.4) is 0 Å². The SMILES string of the molecule is CN(CC(C)(C)C)c1c(F)cccc1C(=O)O. The van der Waals surface area contributed by atoms with Gasteiger partial charge in [0.2, 0.25) is 0 Å². The maximum atomic E-state index is 13.7. The lowest BCUT2D eigenvalue weighted by Crippen LogP contribution is -2.31. The molecular weight excluding hydrogens is 221 g/mol. The van der Waals surface area contributed by atoms with Crippen molar-refractivity contribution in [1.82, 2.24) is 0 Å². The molecule has 0 atom stereocenters. The maximum absolute atomic E-state index is 13.7. The third-order valence-electron chi connectivity index (χ3n) is 2.31. The van der Waals surface area contributed by atoms with Crippen molar-refractivity contribution < 1.29 is 14.3 Å². The number of hydrogen-bond acceptors (Lipinski definition) is 2. The molecule has 0 aliphatic heterocycles. The fourth-order valence-electron chi connectivity index (χ4n) is 1.87. The minimum atomic E-state index is -1.11. The summed E-state index contributed by atoms with van der Waals surface area (Å²) < 4.78 is 13.7. The van der Waals surface area contributed by atoms with Crippen LogP contribution in [0.25, 0.3) is 0 Å². The van der Waals surface area contributed by atoms with Gasteiger partial charge in [-0.1, -0.05) is 26.8 Å².